The summed E-state index contributed by atoms with van der Waals surface area (Å²) in [6.45, 7) is 4.02. The van der Waals surface area contributed by atoms with Crippen LogP contribution in [-0.4, -0.2) is 72.3 Å². The van der Waals surface area contributed by atoms with Gasteiger partial charge in [-0.1, -0.05) is 85.3 Å². The molecule has 2 aromatic carbocycles. The average Bonchev–Trinajstić information content (AvgIpc) is 3.76. The molecule has 2 aromatic rings. The van der Waals surface area contributed by atoms with E-state index in [0.29, 0.717) is 38.1 Å². The Labute approximate surface area is 304 Å². The van der Waals surface area contributed by atoms with Crippen molar-refractivity contribution in [2.75, 3.05) is 14.1 Å². The molecule has 3 aliphatic rings. The Morgan fingerprint density at radius 1 is 0.840 bits per heavy atom. The van der Waals surface area contributed by atoms with Crippen LogP contribution in [0.3, 0.4) is 0 Å². The highest BCUT2D eigenvalue weighted by molar-refractivity contribution is 5.99. The monoisotopic (exact) mass is 705 g/mol. The second kappa shape index (κ2) is 18.0. The molecule has 3 saturated carbocycles. The number of likely N-dealkylation sites (N-methyl/N-ethyl adjacent to an activating group) is 1. The van der Waals surface area contributed by atoms with Gasteiger partial charge in [-0.25, -0.2) is 0 Å². The van der Waals surface area contributed by atoms with Crippen molar-refractivity contribution in [2.45, 2.75) is 121 Å². The van der Waals surface area contributed by atoms with E-state index in [1.54, 1.807) is 6.08 Å². The highest BCUT2D eigenvalue weighted by atomic mass is 35.5. The fraction of sp³-hybridized carbons (Fsp3) is 0.550. The molecule has 0 heterocycles. The number of carbonyl (C=O) groups excluding carboxylic acids is 4. The van der Waals surface area contributed by atoms with Crippen molar-refractivity contribution in [3.8, 4) is 0 Å². The van der Waals surface area contributed by atoms with Crippen LogP contribution >= 0.6 is 12.4 Å². The largest absolute Gasteiger partial charge is 0.352 e. The molecule has 4 amide bonds. The van der Waals surface area contributed by atoms with E-state index < -0.39 is 11.6 Å². The van der Waals surface area contributed by atoms with Crippen molar-refractivity contribution in [3.63, 3.8) is 0 Å². The molecule has 4 N–H and O–H groups in total. The van der Waals surface area contributed by atoms with Crippen LogP contribution in [0.25, 0.3) is 6.08 Å². The molecule has 5 atom stereocenters. The molecule has 0 aromatic heterocycles. The minimum absolute atomic E-state index is 0. The minimum atomic E-state index is -1.08. The van der Waals surface area contributed by atoms with E-state index in [1.807, 2.05) is 62.4 Å². The molecule has 0 bridgehead atoms. The lowest BCUT2D eigenvalue weighted by Gasteiger charge is -2.37. The van der Waals surface area contributed by atoms with Crippen molar-refractivity contribution in [3.05, 3.63) is 76.9 Å². The van der Waals surface area contributed by atoms with E-state index in [0.717, 1.165) is 60.8 Å². The standard InChI is InChI=1S/C40H55N5O4.ClH/c1-27-11-15-29(16-12-27)19-22-36(46)44-40(23-7-8-24-40)39(49)43-34(25-30-17-13-28(2)14-18-30)38(48)41-32-21-20-31(26-32)37(47)42-33-9-5-6-10-35(33)45(3)4;/h11-19,22,31-35H,5-10,20-21,23-26H2,1-4H3,(H,41,48)(H,42,47)(H,43,49)(H,44,46);1H/b22-19+;/t31-,32+,33+,34-,35+;/m1./s1. The van der Waals surface area contributed by atoms with Crippen molar-refractivity contribution >= 4 is 42.1 Å². The quantitative estimate of drug-likeness (QED) is 0.227. The molecular weight excluding hydrogens is 650 g/mol. The van der Waals surface area contributed by atoms with Crippen LogP contribution in [0, 0.1) is 19.8 Å². The van der Waals surface area contributed by atoms with Crippen molar-refractivity contribution in [2.24, 2.45) is 5.92 Å². The Hall–Kier alpha value is -3.69. The maximum absolute atomic E-state index is 14.0. The van der Waals surface area contributed by atoms with Gasteiger partial charge in [0, 0.05) is 36.5 Å². The van der Waals surface area contributed by atoms with Crippen LogP contribution in [0.4, 0.5) is 0 Å². The molecule has 0 spiro atoms. The number of hydrogen-bond donors (Lipinski definition) is 4. The van der Waals surface area contributed by atoms with Gasteiger partial charge in [-0.3, -0.25) is 19.2 Å². The van der Waals surface area contributed by atoms with Crippen molar-refractivity contribution in [1.29, 1.82) is 0 Å². The number of amides is 4. The Kier molecular flexibility index (Phi) is 14.1. The summed E-state index contributed by atoms with van der Waals surface area (Å²) >= 11 is 0. The molecule has 10 heteroatoms. The summed E-state index contributed by atoms with van der Waals surface area (Å²) in [5.74, 6) is -1.00. The minimum Gasteiger partial charge on any atom is -0.352 e. The summed E-state index contributed by atoms with van der Waals surface area (Å²) in [5, 5.41) is 12.6. The summed E-state index contributed by atoms with van der Waals surface area (Å²) < 4.78 is 0. The first kappa shape index (κ1) is 39.1. The Morgan fingerprint density at radius 3 is 2.14 bits per heavy atom. The zero-order valence-electron chi connectivity index (χ0n) is 30.1. The van der Waals surface area contributed by atoms with Gasteiger partial charge in [0.1, 0.15) is 11.6 Å². The predicted octanol–water partition coefficient (Wildman–Crippen LogP) is 5.17. The first-order chi connectivity index (χ1) is 23.5. The van der Waals surface area contributed by atoms with Gasteiger partial charge < -0.3 is 26.2 Å². The van der Waals surface area contributed by atoms with Gasteiger partial charge in [-0.15, -0.1) is 12.4 Å². The molecule has 9 nitrogen and oxygen atoms in total. The Balaban J connectivity index is 0.00000562. The van der Waals surface area contributed by atoms with Gasteiger partial charge in [0.25, 0.3) is 0 Å². The topological polar surface area (TPSA) is 120 Å². The zero-order valence-corrected chi connectivity index (χ0v) is 31.0. The molecule has 5 rings (SSSR count). The van der Waals surface area contributed by atoms with Gasteiger partial charge in [0.2, 0.25) is 23.6 Å². The van der Waals surface area contributed by atoms with E-state index in [1.165, 1.54) is 12.5 Å². The van der Waals surface area contributed by atoms with Crippen molar-refractivity contribution in [1.82, 2.24) is 26.2 Å². The molecule has 3 aliphatic carbocycles. The predicted molar refractivity (Wildman–Crippen MR) is 201 cm³/mol. The van der Waals surface area contributed by atoms with Gasteiger partial charge in [0.05, 0.1) is 0 Å². The number of rotatable bonds is 12. The summed E-state index contributed by atoms with van der Waals surface area (Å²) in [6, 6.07) is 15.3. The van der Waals surface area contributed by atoms with Crippen LogP contribution in [0.1, 0.15) is 92.9 Å². The highest BCUT2D eigenvalue weighted by Gasteiger charge is 2.44. The summed E-state index contributed by atoms with van der Waals surface area (Å²) in [6.07, 6.45) is 12.6. The second-order valence-corrected chi connectivity index (χ2v) is 14.9. The lowest BCUT2D eigenvalue weighted by atomic mass is 9.89. The number of carbonyl (C=O) groups is 4. The average molecular weight is 706 g/mol. The maximum Gasteiger partial charge on any atom is 0.246 e. The Morgan fingerprint density at radius 2 is 1.48 bits per heavy atom. The Bertz CT molecular complexity index is 1490. The van der Waals surface area contributed by atoms with Crippen LogP contribution in [0.5, 0.6) is 0 Å². The molecule has 0 unspecified atom stereocenters. The lowest BCUT2D eigenvalue weighted by molar-refractivity contribution is -0.135. The van der Waals surface area contributed by atoms with E-state index in [-0.39, 0.29) is 54.0 Å². The SMILES string of the molecule is Cc1ccc(/C=C/C(=O)NC2(C(=O)N[C@H](Cc3ccc(C)cc3)C(=O)N[C@H]3CC[C@@H](C(=O)N[C@H]4CCCC[C@@H]4N(C)C)C3)CCCC2)cc1.Cl. The molecule has 0 aliphatic heterocycles. The summed E-state index contributed by atoms with van der Waals surface area (Å²) in [7, 11) is 4.16. The highest BCUT2D eigenvalue weighted by Crippen LogP contribution is 2.31. The fourth-order valence-electron chi connectivity index (χ4n) is 7.83. The lowest BCUT2D eigenvalue weighted by Crippen LogP contribution is -2.61. The smallest absolute Gasteiger partial charge is 0.246 e. The normalized spacial score (nSPS) is 23.5. The number of benzene rings is 2. The third-order valence-corrected chi connectivity index (χ3v) is 10.8. The summed E-state index contributed by atoms with van der Waals surface area (Å²) in [4.78, 5) is 56.6. The van der Waals surface area contributed by atoms with Gasteiger partial charge in [-0.05, 0) is 90.1 Å². The van der Waals surface area contributed by atoms with Crippen LogP contribution in [0.2, 0.25) is 0 Å². The molecule has 0 radical (unpaired) electrons. The van der Waals surface area contributed by atoms with Crippen LogP contribution < -0.4 is 21.3 Å². The van der Waals surface area contributed by atoms with Crippen LogP contribution in [0.15, 0.2) is 54.6 Å². The zero-order chi connectivity index (χ0) is 35.0. The second-order valence-electron chi connectivity index (χ2n) is 14.9. The maximum atomic E-state index is 14.0. The summed E-state index contributed by atoms with van der Waals surface area (Å²) in [5.41, 5.74) is 3.00. The third kappa shape index (κ3) is 10.4. The number of hydrogen-bond acceptors (Lipinski definition) is 5. The van der Waals surface area contributed by atoms with E-state index >= 15 is 0 Å². The third-order valence-electron chi connectivity index (χ3n) is 10.8. The molecule has 3 fully saturated rings. The van der Waals surface area contributed by atoms with E-state index in [2.05, 4.69) is 40.3 Å². The first-order valence-corrected chi connectivity index (χ1v) is 18.2. The van der Waals surface area contributed by atoms with Gasteiger partial charge in [0.15, 0.2) is 0 Å². The molecular formula is C40H56ClN5O4. The molecule has 0 saturated heterocycles. The first-order valence-electron chi connectivity index (χ1n) is 18.2. The number of nitrogens with one attached hydrogen (secondary N) is 4. The van der Waals surface area contributed by atoms with Gasteiger partial charge >= 0.3 is 0 Å². The molecule has 50 heavy (non-hydrogen) atoms. The molecule has 272 valence electrons. The van der Waals surface area contributed by atoms with Gasteiger partial charge in [-0.2, -0.15) is 0 Å². The van der Waals surface area contributed by atoms with E-state index in [9.17, 15) is 19.2 Å². The van der Waals surface area contributed by atoms with Crippen LogP contribution in [-0.2, 0) is 25.6 Å². The number of aryl methyl sites for hydroxylation is 2. The van der Waals surface area contributed by atoms with Crippen molar-refractivity contribution < 1.29 is 19.2 Å². The number of nitrogens with zero attached hydrogens (tertiary/aromatic N) is 1. The fourth-order valence-corrected chi connectivity index (χ4v) is 7.83. The number of halogens is 1. The van der Waals surface area contributed by atoms with E-state index in [4.69, 9.17) is 0 Å².